The number of hydrogen-bond donors (Lipinski definition) is 0. The van der Waals surface area contributed by atoms with Crippen LogP contribution in [0.25, 0.3) is 10.2 Å². The number of fused-ring (bicyclic) bond motifs is 1. The fourth-order valence-electron chi connectivity index (χ4n) is 3.32. The topological polar surface area (TPSA) is 81.0 Å². The molecule has 1 aliphatic heterocycles. The number of amides is 1. The fourth-order valence-corrected chi connectivity index (χ4v) is 6.18. The van der Waals surface area contributed by atoms with Crippen molar-refractivity contribution in [3.63, 3.8) is 0 Å². The Morgan fingerprint density at radius 1 is 1.17 bits per heavy atom. The molecule has 0 saturated carbocycles. The van der Waals surface area contributed by atoms with Crippen LogP contribution in [0.3, 0.4) is 0 Å². The van der Waals surface area contributed by atoms with E-state index in [-0.39, 0.29) is 4.90 Å². The Labute approximate surface area is 183 Å². The normalized spacial score (nSPS) is 16.3. The number of hydrogen-bond acceptors (Lipinski definition) is 5. The number of para-hydroxylation sites is 1. The molecule has 2 heterocycles. The maximum absolute atomic E-state index is 12.7. The molecular weight excluding hydrogens is 446 g/mol. The summed E-state index contributed by atoms with van der Waals surface area (Å²) in [6.45, 7) is 3.99. The van der Waals surface area contributed by atoms with Crippen LogP contribution in [0.15, 0.2) is 52.4 Å². The first-order valence-electron chi connectivity index (χ1n) is 9.46. The first-order chi connectivity index (χ1) is 14.4. The zero-order valence-electron chi connectivity index (χ0n) is 16.2. The summed E-state index contributed by atoms with van der Waals surface area (Å²) in [6, 6.07) is 11.5. The molecule has 0 radical (unpaired) electrons. The molecule has 0 unspecified atom stereocenters. The van der Waals surface area contributed by atoms with Crippen molar-refractivity contribution < 1.29 is 17.9 Å². The summed E-state index contributed by atoms with van der Waals surface area (Å²) >= 11 is 7.71. The Morgan fingerprint density at radius 3 is 2.53 bits per heavy atom. The molecule has 1 amide bonds. The van der Waals surface area contributed by atoms with E-state index in [1.165, 1.54) is 39.9 Å². The Bertz CT molecular complexity index is 1260. The monoisotopic (exact) mass is 465 g/mol. The standard InChI is InChI=1S/C20H20ClN3O4S2/c1-2-24-18-16(21)4-3-5-17(18)29-20(24)22-19(25)14-6-8-15(9-7-14)30(26,27)23-10-12-28-13-11-23/h3-9H,2,10-13H2,1H3. The van der Waals surface area contributed by atoms with Crippen LogP contribution in [0.4, 0.5) is 0 Å². The van der Waals surface area contributed by atoms with Crippen molar-refractivity contribution in [2.45, 2.75) is 18.4 Å². The van der Waals surface area contributed by atoms with Crippen LogP contribution in [0.1, 0.15) is 17.3 Å². The molecule has 0 N–H and O–H groups in total. The third-order valence-electron chi connectivity index (χ3n) is 4.87. The van der Waals surface area contributed by atoms with Gasteiger partial charge in [0.15, 0.2) is 4.80 Å². The van der Waals surface area contributed by atoms with Crippen molar-refractivity contribution in [3.8, 4) is 0 Å². The molecule has 1 saturated heterocycles. The summed E-state index contributed by atoms with van der Waals surface area (Å²) < 4.78 is 34.9. The third-order valence-corrected chi connectivity index (χ3v) is 8.14. The maximum Gasteiger partial charge on any atom is 0.279 e. The van der Waals surface area contributed by atoms with Crippen LogP contribution in [-0.4, -0.2) is 49.5 Å². The Morgan fingerprint density at radius 2 is 1.87 bits per heavy atom. The second kappa shape index (κ2) is 8.60. The van der Waals surface area contributed by atoms with Crippen molar-refractivity contribution >= 4 is 49.1 Å². The zero-order valence-corrected chi connectivity index (χ0v) is 18.6. The van der Waals surface area contributed by atoms with E-state index in [1.807, 2.05) is 29.7 Å². The minimum absolute atomic E-state index is 0.151. The summed E-state index contributed by atoms with van der Waals surface area (Å²) in [5, 5.41) is 0.608. The average molecular weight is 466 g/mol. The number of aromatic nitrogens is 1. The molecule has 7 nitrogen and oxygen atoms in total. The van der Waals surface area contributed by atoms with Crippen LogP contribution >= 0.6 is 22.9 Å². The molecule has 0 aliphatic carbocycles. The van der Waals surface area contributed by atoms with E-state index in [2.05, 4.69) is 4.99 Å². The van der Waals surface area contributed by atoms with E-state index in [0.717, 1.165) is 10.2 Å². The van der Waals surface area contributed by atoms with Gasteiger partial charge in [0, 0.05) is 25.2 Å². The molecule has 2 aromatic carbocycles. The van der Waals surface area contributed by atoms with E-state index < -0.39 is 15.9 Å². The second-order valence-corrected chi connectivity index (χ2v) is 10.0. The minimum Gasteiger partial charge on any atom is -0.379 e. The van der Waals surface area contributed by atoms with Crippen LogP contribution in [0.2, 0.25) is 5.02 Å². The molecular formula is C20H20ClN3O4S2. The van der Waals surface area contributed by atoms with Gasteiger partial charge in [-0.2, -0.15) is 9.30 Å². The summed E-state index contributed by atoms with van der Waals surface area (Å²) in [7, 11) is -3.60. The molecule has 0 spiro atoms. The summed E-state index contributed by atoms with van der Waals surface area (Å²) in [6.07, 6.45) is 0. The highest BCUT2D eigenvalue weighted by Crippen LogP contribution is 2.25. The van der Waals surface area contributed by atoms with Gasteiger partial charge in [0.2, 0.25) is 10.0 Å². The van der Waals surface area contributed by atoms with Gasteiger partial charge in [-0.05, 0) is 43.3 Å². The van der Waals surface area contributed by atoms with Gasteiger partial charge in [0.05, 0.1) is 33.3 Å². The molecule has 1 fully saturated rings. The first-order valence-corrected chi connectivity index (χ1v) is 12.1. The lowest BCUT2D eigenvalue weighted by atomic mass is 10.2. The smallest absolute Gasteiger partial charge is 0.279 e. The number of nitrogens with zero attached hydrogens (tertiary/aromatic N) is 3. The number of rotatable bonds is 4. The molecule has 1 aromatic heterocycles. The number of morpholine rings is 1. The van der Waals surface area contributed by atoms with Crippen molar-refractivity contribution in [2.24, 2.45) is 4.99 Å². The molecule has 4 rings (SSSR count). The summed E-state index contributed by atoms with van der Waals surface area (Å²) in [4.78, 5) is 17.7. The van der Waals surface area contributed by atoms with Crippen molar-refractivity contribution in [2.75, 3.05) is 26.3 Å². The highest BCUT2D eigenvalue weighted by Gasteiger charge is 2.26. The van der Waals surface area contributed by atoms with E-state index >= 15 is 0 Å². The van der Waals surface area contributed by atoms with E-state index in [4.69, 9.17) is 16.3 Å². The number of carbonyl (C=O) groups is 1. The molecule has 0 bridgehead atoms. The SMILES string of the molecule is CCn1c(=NC(=O)c2ccc(S(=O)(=O)N3CCOCC3)cc2)sc2cccc(Cl)c21. The van der Waals surface area contributed by atoms with Gasteiger partial charge in [-0.15, -0.1) is 0 Å². The van der Waals surface area contributed by atoms with Gasteiger partial charge in [-0.3, -0.25) is 4.79 Å². The predicted molar refractivity (Wildman–Crippen MR) is 116 cm³/mol. The quantitative estimate of drug-likeness (QED) is 0.592. The fraction of sp³-hybridized carbons (Fsp3) is 0.300. The van der Waals surface area contributed by atoms with Gasteiger partial charge < -0.3 is 9.30 Å². The highest BCUT2D eigenvalue weighted by atomic mass is 35.5. The molecule has 0 atom stereocenters. The summed E-state index contributed by atoms with van der Waals surface area (Å²) in [5.41, 5.74) is 1.17. The number of halogens is 1. The lowest BCUT2D eigenvalue weighted by Crippen LogP contribution is -2.40. The van der Waals surface area contributed by atoms with Gasteiger partial charge in [-0.1, -0.05) is 29.0 Å². The lowest BCUT2D eigenvalue weighted by molar-refractivity contribution is 0.0730. The molecule has 30 heavy (non-hydrogen) atoms. The Balaban J connectivity index is 1.65. The highest BCUT2D eigenvalue weighted by molar-refractivity contribution is 7.89. The van der Waals surface area contributed by atoms with Crippen LogP contribution < -0.4 is 4.80 Å². The molecule has 3 aromatic rings. The van der Waals surface area contributed by atoms with E-state index in [1.54, 1.807) is 0 Å². The van der Waals surface area contributed by atoms with E-state index in [0.29, 0.717) is 48.2 Å². The van der Waals surface area contributed by atoms with Crippen LogP contribution in [0, 0.1) is 0 Å². The maximum atomic E-state index is 12.7. The Hall–Kier alpha value is -2.04. The van der Waals surface area contributed by atoms with Crippen molar-refractivity contribution in [1.82, 2.24) is 8.87 Å². The third kappa shape index (κ3) is 3.95. The van der Waals surface area contributed by atoms with E-state index in [9.17, 15) is 13.2 Å². The Kier molecular flexibility index (Phi) is 6.08. The van der Waals surface area contributed by atoms with Crippen LogP contribution in [-0.2, 0) is 21.3 Å². The number of aryl methyl sites for hydroxylation is 1. The van der Waals surface area contributed by atoms with Gasteiger partial charge in [0.25, 0.3) is 5.91 Å². The number of carbonyl (C=O) groups excluding carboxylic acids is 1. The number of thiazole rings is 1. The average Bonchev–Trinajstić information content (AvgIpc) is 3.12. The van der Waals surface area contributed by atoms with Crippen LogP contribution in [0.5, 0.6) is 0 Å². The van der Waals surface area contributed by atoms with Gasteiger partial charge in [0.1, 0.15) is 0 Å². The second-order valence-electron chi connectivity index (χ2n) is 6.67. The summed E-state index contributed by atoms with van der Waals surface area (Å²) in [5.74, 6) is -0.435. The number of ether oxygens (including phenoxy) is 1. The van der Waals surface area contributed by atoms with Crippen molar-refractivity contribution in [1.29, 1.82) is 0 Å². The van der Waals surface area contributed by atoms with Gasteiger partial charge >= 0.3 is 0 Å². The molecule has 1 aliphatic rings. The minimum atomic E-state index is -3.60. The predicted octanol–water partition coefficient (Wildman–Crippen LogP) is 3.14. The number of sulfonamides is 1. The lowest BCUT2D eigenvalue weighted by Gasteiger charge is -2.26. The first kappa shape index (κ1) is 21.2. The van der Waals surface area contributed by atoms with Gasteiger partial charge in [-0.25, -0.2) is 8.42 Å². The largest absolute Gasteiger partial charge is 0.379 e. The molecule has 158 valence electrons. The molecule has 10 heteroatoms. The zero-order chi connectivity index (χ0) is 21.3. The number of benzene rings is 2. The van der Waals surface area contributed by atoms with Crippen molar-refractivity contribution in [3.05, 3.63) is 57.9 Å².